The van der Waals surface area contributed by atoms with E-state index in [-0.39, 0.29) is 17.0 Å². The number of fused-ring (bicyclic) bond motifs is 2. The third-order valence-electron chi connectivity index (χ3n) is 7.71. The standard InChI is InChI=1S/C29H38N4O3S/c1-22-8-10-27(11-9-22)37(35,36)31-13-12-30-21-26-19-25-18-23-6-5-7-24(23)20-28(25)33(29(26)34)17-16-32-14-3-2-4-15-32/h8-11,18-20,30-31H,2-7,12-17,21H2,1H3. The minimum Gasteiger partial charge on any atom is -0.311 e. The number of piperidine rings is 1. The second-order valence-electron chi connectivity index (χ2n) is 10.4. The number of benzene rings is 2. The van der Waals surface area contributed by atoms with Gasteiger partial charge in [0.05, 0.1) is 10.4 Å². The molecule has 7 nitrogen and oxygen atoms in total. The van der Waals surface area contributed by atoms with E-state index < -0.39 is 10.0 Å². The average Bonchev–Trinajstić information content (AvgIpc) is 3.35. The molecule has 2 aliphatic rings. The third-order valence-corrected chi connectivity index (χ3v) is 9.19. The van der Waals surface area contributed by atoms with E-state index in [4.69, 9.17) is 0 Å². The fourth-order valence-corrected chi connectivity index (χ4v) is 6.61. The van der Waals surface area contributed by atoms with Crippen LogP contribution in [0.25, 0.3) is 10.9 Å². The number of hydrogen-bond acceptors (Lipinski definition) is 5. The monoisotopic (exact) mass is 522 g/mol. The molecule has 0 atom stereocenters. The van der Waals surface area contributed by atoms with E-state index in [1.54, 1.807) is 24.3 Å². The van der Waals surface area contributed by atoms with Crippen LogP contribution in [-0.4, -0.2) is 50.6 Å². The lowest BCUT2D eigenvalue weighted by molar-refractivity contribution is 0.221. The number of nitrogens with zero attached hydrogens (tertiary/aromatic N) is 2. The van der Waals surface area contributed by atoms with Crippen molar-refractivity contribution in [1.82, 2.24) is 19.5 Å². The number of likely N-dealkylation sites (tertiary alicyclic amines) is 1. The van der Waals surface area contributed by atoms with Crippen LogP contribution < -0.4 is 15.6 Å². The van der Waals surface area contributed by atoms with E-state index in [0.29, 0.717) is 19.6 Å². The summed E-state index contributed by atoms with van der Waals surface area (Å²) < 4.78 is 29.7. The molecule has 0 saturated carbocycles. The SMILES string of the molecule is Cc1ccc(S(=O)(=O)NCCNCc2cc3cc4c(cc3n(CCN3CCCCC3)c2=O)CCC4)cc1. The highest BCUT2D eigenvalue weighted by molar-refractivity contribution is 7.89. The summed E-state index contributed by atoms with van der Waals surface area (Å²) in [6, 6.07) is 13.3. The molecule has 1 aliphatic carbocycles. The average molecular weight is 523 g/mol. The first-order valence-corrected chi connectivity index (χ1v) is 15.1. The van der Waals surface area contributed by atoms with Gasteiger partial charge in [-0.05, 0) is 99.0 Å². The molecular weight excluding hydrogens is 484 g/mol. The predicted octanol–water partition coefficient (Wildman–Crippen LogP) is 3.35. The Morgan fingerprint density at radius 1 is 0.865 bits per heavy atom. The van der Waals surface area contributed by atoms with Crippen molar-refractivity contribution in [2.45, 2.75) is 63.4 Å². The molecule has 37 heavy (non-hydrogen) atoms. The van der Waals surface area contributed by atoms with Crippen LogP contribution in [0.5, 0.6) is 0 Å². The van der Waals surface area contributed by atoms with Crippen molar-refractivity contribution in [3.05, 3.63) is 75.1 Å². The Kier molecular flexibility index (Phi) is 8.09. The summed E-state index contributed by atoms with van der Waals surface area (Å²) in [5, 5.41) is 4.40. The van der Waals surface area contributed by atoms with Gasteiger partial charge >= 0.3 is 0 Å². The molecular formula is C29H38N4O3S. The number of pyridine rings is 1. The van der Waals surface area contributed by atoms with Crippen molar-refractivity contribution in [3.8, 4) is 0 Å². The first kappa shape index (κ1) is 26.1. The molecule has 0 spiro atoms. The van der Waals surface area contributed by atoms with Gasteiger partial charge in [-0.15, -0.1) is 0 Å². The van der Waals surface area contributed by atoms with Crippen LogP contribution in [-0.2, 0) is 36.0 Å². The first-order chi connectivity index (χ1) is 17.9. The minimum absolute atomic E-state index is 0.0511. The third kappa shape index (κ3) is 6.14. The summed E-state index contributed by atoms with van der Waals surface area (Å²) in [7, 11) is -3.55. The maximum Gasteiger partial charge on any atom is 0.255 e. The number of sulfonamides is 1. The lowest BCUT2D eigenvalue weighted by Gasteiger charge is -2.27. The van der Waals surface area contributed by atoms with Gasteiger partial charge in [0.15, 0.2) is 0 Å². The molecule has 2 heterocycles. The fraction of sp³-hybridized carbons (Fsp3) is 0.483. The zero-order valence-electron chi connectivity index (χ0n) is 21.8. The van der Waals surface area contributed by atoms with Gasteiger partial charge < -0.3 is 14.8 Å². The number of hydrogen-bond donors (Lipinski definition) is 2. The van der Waals surface area contributed by atoms with E-state index in [0.717, 1.165) is 54.5 Å². The number of aromatic nitrogens is 1. The molecule has 8 heteroatoms. The lowest BCUT2D eigenvalue weighted by Crippen LogP contribution is -2.36. The maximum atomic E-state index is 13.6. The Balaban J connectivity index is 1.28. The molecule has 5 rings (SSSR count). The van der Waals surface area contributed by atoms with Crippen LogP contribution in [0.1, 0.15) is 47.9 Å². The van der Waals surface area contributed by atoms with Gasteiger partial charge in [0.25, 0.3) is 5.56 Å². The second-order valence-corrected chi connectivity index (χ2v) is 12.2. The van der Waals surface area contributed by atoms with Crippen molar-refractivity contribution in [2.75, 3.05) is 32.7 Å². The molecule has 2 aromatic carbocycles. The van der Waals surface area contributed by atoms with Gasteiger partial charge in [0.2, 0.25) is 10.0 Å². The van der Waals surface area contributed by atoms with Crippen LogP contribution in [0.15, 0.2) is 52.2 Å². The van der Waals surface area contributed by atoms with Gasteiger partial charge in [-0.2, -0.15) is 0 Å². The zero-order valence-corrected chi connectivity index (χ0v) is 22.6. The molecule has 3 aromatic rings. The highest BCUT2D eigenvalue weighted by Crippen LogP contribution is 2.27. The molecule has 0 radical (unpaired) electrons. The summed E-state index contributed by atoms with van der Waals surface area (Å²) in [6.45, 7) is 6.82. The normalized spacial score (nSPS) is 16.4. The van der Waals surface area contributed by atoms with E-state index in [1.165, 1.54) is 36.8 Å². The van der Waals surface area contributed by atoms with Crippen molar-refractivity contribution in [1.29, 1.82) is 0 Å². The number of rotatable bonds is 10. The molecule has 1 aromatic heterocycles. The molecule has 2 N–H and O–H groups in total. The quantitative estimate of drug-likeness (QED) is 0.399. The van der Waals surface area contributed by atoms with Crippen LogP contribution >= 0.6 is 0 Å². The molecule has 0 bridgehead atoms. The Morgan fingerprint density at radius 2 is 1.59 bits per heavy atom. The summed E-state index contributed by atoms with van der Waals surface area (Å²) in [4.78, 5) is 16.3. The zero-order chi connectivity index (χ0) is 25.8. The van der Waals surface area contributed by atoms with Crippen LogP contribution in [0.3, 0.4) is 0 Å². The van der Waals surface area contributed by atoms with Gasteiger partial charge in [0, 0.05) is 38.3 Å². The van der Waals surface area contributed by atoms with Crippen molar-refractivity contribution in [3.63, 3.8) is 0 Å². The van der Waals surface area contributed by atoms with Crippen molar-refractivity contribution in [2.24, 2.45) is 0 Å². The van der Waals surface area contributed by atoms with E-state index in [2.05, 4.69) is 27.1 Å². The molecule has 0 amide bonds. The Hall–Kier alpha value is -2.52. The number of aryl methyl sites for hydroxylation is 3. The second kappa shape index (κ2) is 11.5. The highest BCUT2D eigenvalue weighted by atomic mass is 32.2. The minimum atomic E-state index is -3.55. The summed E-state index contributed by atoms with van der Waals surface area (Å²) >= 11 is 0. The van der Waals surface area contributed by atoms with Crippen LogP contribution in [0.2, 0.25) is 0 Å². The first-order valence-electron chi connectivity index (χ1n) is 13.6. The van der Waals surface area contributed by atoms with Crippen LogP contribution in [0, 0.1) is 6.92 Å². The Bertz CT molecular complexity index is 1410. The van der Waals surface area contributed by atoms with Gasteiger partial charge in [-0.1, -0.05) is 24.1 Å². The predicted molar refractivity (Wildman–Crippen MR) is 149 cm³/mol. The molecule has 1 aliphatic heterocycles. The summed E-state index contributed by atoms with van der Waals surface area (Å²) in [6.07, 6.45) is 7.15. The van der Waals surface area contributed by atoms with Gasteiger partial charge in [0.1, 0.15) is 0 Å². The highest BCUT2D eigenvalue weighted by Gasteiger charge is 2.18. The lowest BCUT2D eigenvalue weighted by atomic mass is 10.0. The maximum absolute atomic E-state index is 13.6. The molecule has 1 fully saturated rings. The molecule has 0 unspecified atom stereocenters. The topological polar surface area (TPSA) is 83.4 Å². The molecule has 1 saturated heterocycles. The van der Waals surface area contributed by atoms with Gasteiger partial charge in [-0.3, -0.25) is 4.79 Å². The summed E-state index contributed by atoms with van der Waals surface area (Å²) in [5.41, 5.74) is 5.61. The van der Waals surface area contributed by atoms with Crippen molar-refractivity contribution >= 4 is 20.9 Å². The van der Waals surface area contributed by atoms with E-state index >= 15 is 0 Å². The number of nitrogens with one attached hydrogen (secondary N) is 2. The largest absolute Gasteiger partial charge is 0.311 e. The summed E-state index contributed by atoms with van der Waals surface area (Å²) in [5.74, 6) is 0. The van der Waals surface area contributed by atoms with E-state index in [1.807, 2.05) is 17.6 Å². The Labute approximate surface area is 219 Å². The Morgan fingerprint density at radius 3 is 2.35 bits per heavy atom. The fourth-order valence-electron chi connectivity index (χ4n) is 5.58. The molecule has 198 valence electrons. The smallest absolute Gasteiger partial charge is 0.255 e. The van der Waals surface area contributed by atoms with E-state index in [9.17, 15) is 13.2 Å². The van der Waals surface area contributed by atoms with Crippen LogP contribution in [0.4, 0.5) is 0 Å². The van der Waals surface area contributed by atoms with Crippen molar-refractivity contribution < 1.29 is 8.42 Å². The van der Waals surface area contributed by atoms with Gasteiger partial charge in [-0.25, -0.2) is 13.1 Å².